The number of hydrogen-bond donors (Lipinski definition) is 1. The fourth-order valence-electron chi connectivity index (χ4n) is 1.60. The highest BCUT2D eigenvalue weighted by molar-refractivity contribution is 9.10. The maximum absolute atomic E-state index is 14.5. The van der Waals surface area contributed by atoms with Gasteiger partial charge in [-0.2, -0.15) is 0 Å². The van der Waals surface area contributed by atoms with Crippen LogP contribution in [0, 0.1) is 5.82 Å². The largest absolute Gasteiger partial charge is 0.479 e. The maximum Gasteiger partial charge on any atom is 0.347 e. The lowest BCUT2D eigenvalue weighted by Gasteiger charge is -2.20. The zero-order chi connectivity index (χ0) is 13.8. The summed E-state index contributed by atoms with van der Waals surface area (Å²) in [7, 11) is 0. The highest BCUT2D eigenvalue weighted by atomic mass is 79.9. The molecule has 1 atom stereocenters. The van der Waals surface area contributed by atoms with Gasteiger partial charge in [0.25, 0.3) is 0 Å². The monoisotopic (exact) mass is 321 g/mol. The molecule has 0 saturated carbocycles. The average Bonchev–Trinajstić information content (AvgIpc) is 2.32. The molecule has 0 bridgehead atoms. The van der Waals surface area contributed by atoms with Gasteiger partial charge in [0, 0.05) is 0 Å². The Hall–Kier alpha value is -1.04. The lowest BCUT2D eigenvalue weighted by atomic mass is 9.94. The van der Waals surface area contributed by atoms with E-state index in [-0.39, 0.29) is 16.7 Å². The van der Waals surface area contributed by atoms with Crippen LogP contribution in [0.1, 0.15) is 38.3 Å². The van der Waals surface area contributed by atoms with Gasteiger partial charge < -0.3 is 5.11 Å². The number of carboxylic acid groups (broad SMARTS) is 1. The summed E-state index contributed by atoms with van der Waals surface area (Å²) in [5.74, 6) is -2.25. The van der Waals surface area contributed by atoms with E-state index in [2.05, 4.69) is 20.9 Å². The number of unbranched alkanes of at least 4 members (excludes halogenated alkanes) is 2. The van der Waals surface area contributed by atoms with Crippen LogP contribution in [0.5, 0.6) is 0 Å². The molecule has 1 aromatic rings. The van der Waals surface area contributed by atoms with Gasteiger partial charge in [0.05, 0.1) is 5.69 Å². The zero-order valence-corrected chi connectivity index (χ0v) is 11.5. The molecule has 0 saturated heterocycles. The molecular weight excluding hydrogens is 308 g/mol. The predicted molar refractivity (Wildman–Crippen MR) is 66.5 cm³/mol. The topological polar surface area (TPSA) is 50.2 Å². The minimum atomic E-state index is -2.56. The van der Waals surface area contributed by atoms with Gasteiger partial charge in [-0.3, -0.25) is 0 Å². The van der Waals surface area contributed by atoms with E-state index < -0.39 is 17.5 Å². The number of aromatic nitrogens is 1. The number of nitrogens with zero attached hydrogens (tertiary/aromatic N) is 1. The minimum absolute atomic E-state index is 0.165. The smallest absolute Gasteiger partial charge is 0.347 e. The molecule has 18 heavy (non-hydrogen) atoms. The Morgan fingerprint density at radius 2 is 2.17 bits per heavy atom. The van der Waals surface area contributed by atoms with Gasteiger partial charge in [0.15, 0.2) is 5.82 Å². The number of carbonyl (C=O) groups is 1. The van der Waals surface area contributed by atoms with Crippen molar-refractivity contribution in [2.75, 3.05) is 0 Å². The molecule has 6 heteroatoms. The lowest BCUT2D eigenvalue weighted by molar-refractivity contribution is -0.152. The van der Waals surface area contributed by atoms with Crippen molar-refractivity contribution >= 4 is 21.9 Å². The highest BCUT2D eigenvalue weighted by Gasteiger charge is 2.41. The van der Waals surface area contributed by atoms with E-state index in [0.717, 1.165) is 25.0 Å². The Bertz CT molecular complexity index is 442. The first-order chi connectivity index (χ1) is 8.41. The molecule has 1 N–H and O–H groups in total. The molecule has 0 radical (unpaired) electrons. The second kappa shape index (κ2) is 6.22. The normalized spacial score (nSPS) is 14.2. The molecule has 1 aromatic heterocycles. The summed E-state index contributed by atoms with van der Waals surface area (Å²) in [4.78, 5) is 14.7. The quantitative estimate of drug-likeness (QED) is 0.640. The van der Waals surface area contributed by atoms with Crippen molar-refractivity contribution in [3.63, 3.8) is 0 Å². The van der Waals surface area contributed by atoms with Crippen LogP contribution in [-0.4, -0.2) is 16.1 Å². The van der Waals surface area contributed by atoms with Crippen LogP contribution in [0.2, 0.25) is 0 Å². The summed E-state index contributed by atoms with van der Waals surface area (Å²) < 4.78 is 27.3. The van der Waals surface area contributed by atoms with Crippen LogP contribution < -0.4 is 0 Å². The van der Waals surface area contributed by atoms with E-state index in [1.807, 2.05) is 6.92 Å². The number of carboxylic acids is 1. The van der Waals surface area contributed by atoms with Crippen molar-refractivity contribution in [2.45, 2.75) is 38.3 Å². The van der Waals surface area contributed by atoms with Crippen LogP contribution in [-0.2, 0) is 10.5 Å². The number of hydrogen-bond acceptors (Lipinski definition) is 2. The molecule has 1 heterocycles. The van der Waals surface area contributed by atoms with Crippen LogP contribution in [0.4, 0.5) is 8.78 Å². The molecule has 0 fully saturated rings. The molecule has 0 aromatic carbocycles. The Kier molecular flexibility index (Phi) is 5.19. The molecule has 0 aliphatic rings. The van der Waals surface area contributed by atoms with E-state index in [9.17, 15) is 13.6 Å². The highest BCUT2D eigenvalue weighted by Crippen LogP contribution is 2.32. The molecule has 3 nitrogen and oxygen atoms in total. The molecule has 0 amide bonds. The van der Waals surface area contributed by atoms with Crippen LogP contribution in [0.25, 0.3) is 0 Å². The third kappa shape index (κ3) is 3.25. The summed E-state index contributed by atoms with van der Waals surface area (Å²) in [6, 6.07) is 2.07. The van der Waals surface area contributed by atoms with E-state index >= 15 is 0 Å². The van der Waals surface area contributed by atoms with Gasteiger partial charge in [-0.15, -0.1) is 0 Å². The van der Waals surface area contributed by atoms with Crippen LogP contribution in [0.15, 0.2) is 16.7 Å². The maximum atomic E-state index is 14.5. The Morgan fingerprint density at radius 1 is 1.50 bits per heavy atom. The molecular formula is C12H14BrF2NO2. The van der Waals surface area contributed by atoms with Crippen molar-refractivity contribution in [2.24, 2.45) is 0 Å². The van der Waals surface area contributed by atoms with Gasteiger partial charge in [0.1, 0.15) is 4.60 Å². The van der Waals surface area contributed by atoms with Crippen LogP contribution >= 0.6 is 15.9 Å². The summed E-state index contributed by atoms with van der Waals surface area (Å²) in [6.45, 7) is 1.94. The number of halogens is 3. The SMILES string of the molecule is CCCCCC(F)(C(=O)O)c1ccc(F)c(Br)n1. The van der Waals surface area contributed by atoms with Crippen molar-refractivity contribution in [1.82, 2.24) is 4.98 Å². The van der Waals surface area contributed by atoms with E-state index in [0.29, 0.717) is 6.42 Å². The van der Waals surface area contributed by atoms with Crippen molar-refractivity contribution in [1.29, 1.82) is 0 Å². The summed E-state index contributed by atoms with van der Waals surface area (Å²) in [5, 5.41) is 9.02. The predicted octanol–water partition coefficient (Wildman–Crippen LogP) is 3.81. The molecule has 100 valence electrons. The zero-order valence-electron chi connectivity index (χ0n) is 9.92. The number of rotatable bonds is 6. The molecule has 1 unspecified atom stereocenters. The van der Waals surface area contributed by atoms with Crippen molar-refractivity contribution in [3.8, 4) is 0 Å². The van der Waals surface area contributed by atoms with Crippen LogP contribution in [0.3, 0.4) is 0 Å². The molecule has 1 rings (SSSR count). The summed E-state index contributed by atoms with van der Waals surface area (Å²) in [6.07, 6.45) is 1.87. The Balaban J connectivity index is 3.02. The number of aliphatic carboxylic acids is 1. The van der Waals surface area contributed by atoms with Gasteiger partial charge in [-0.05, 0) is 40.9 Å². The third-order valence-corrected chi connectivity index (χ3v) is 3.23. The Morgan fingerprint density at radius 3 is 2.67 bits per heavy atom. The second-order valence-electron chi connectivity index (χ2n) is 4.03. The van der Waals surface area contributed by atoms with Crippen molar-refractivity contribution < 1.29 is 18.7 Å². The molecule has 0 spiro atoms. The number of pyridine rings is 1. The molecule has 0 aliphatic carbocycles. The number of alkyl halides is 1. The van der Waals surface area contributed by atoms with E-state index in [4.69, 9.17) is 5.11 Å². The standard InChI is InChI=1S/C12H14BrF2NO2/c1-2-3-4-7-12(15,11(17)18)9-6-5-8(14)10(13)16-9/h5-6H,2-4,7H2,1H3,(H,17,18). The van der Waals surface area contributed by atoms with Gasteiger partial charge >= 0.3 is 5.97 Å². The summed E-state index contributed by atoms with van der Waals surface area (Å²) >= 11 is 2.82. The third-order valence-electron chi connectivity index (χ3n) is 2.67. The van der Waals surface area contributed by atoms with Gasteiger partial charge in [0.2, 0.25) is 5.67 Å². The van der Waals surface area contributed by atoms with Gasteiger partial charge in [-0.1, -0.05) is 19.8 Å². The summed E-state index contributed by atoms with van der Waals surface area (Å²) in [5.41, 5.74) is -2.84. The first kappa shape index (κ1) is 15.0. The Labute approximate surface area is 112 Å². The fourth-order valence-corrected chi connectivity index (χ4v) is 1.92. The minimum Gasteiger partial charge on any atom is -0.479 e. The first-order valence-electron chi connectivity index (χ1n) is 5.66. The molecule has 0 aliphatic heterocycles. The lowest BCUT2D eigenvalue weighted by Crippen LogP contribution is -2.32. The van der Waals surface area contributed by atoms with E-state index in [1.54, 1.807) is 0 Å². The fraction of sp³-hybridized carbons (Fsp3) is 0.500. The van der Waals surface area contributed by atoms with Crippen molar-refractivity contribution in [3.05, 3.63) is 28.2 Å². The van der Waals surface area contributed by atoms with E-state index in [1.165, 1.54) is 0 Å². The average molecular weight is 322 g/mol. The first-order valence-corrected chi connectivity index (χ1v) is 6.46. The van der Waals surface area contributed by atoms with Gasteiger partial charge in [-0.25, -0.2) is 18.6 Å². The second-order valence-corrected chi connectivity index (χ2v) is 4.78.